The Labute approximate surface area is 318 Å². The molecule has 1 aromatic carbocycles. The maximum absolute atomic E-state index is 14.3. The summed E-state index contributed by atoms with van der Waals surface area (Å²) in [6.45, 7) is 14.9. The van der Waals surface area contributed by atoms with Crippen LogP contribution in [0.2, 0.25) is 5.32 Å². The third-order valence-corrected chi connectivity index (χ3v) is 9.80. The second-order valence-electron chi connectivity index (χ2n) is 14.3. The van der Waals surface area contributed by atoms with Crippen LogP contribution >= 0.6 is 0 Å². The summed E-state index contributed by atoms with van der Waals surface area (Å²) in [6.07, 6.45) is 8.30. The monoisotopic (exact) mass is 801 g/mol. The molecular weight excluding hydrogens is 749 g/mol. The van der Waals surface area contributed by atoms with E-state index in [2.05, 4.69) is 0 Å². The zero-order valence-electron chi connectivity index (χ0n) is 32.2. The number of hydrogen-bond acceptors (Lipinski definition) is 11. The van der Waals surface area contributed by atoms with Crippen LogP contribution in [-0.2, 0) is 42.8 Å². The van der Waals surface area contributed by atoms with Gasteiger partial charge in [-0.25, -0.2) is 4.79 Å². The number of hydrogen-bond donors (Lipinski definition) is 0. The van der Waals surface area contributed by atoms with Gasteiger partial charge in [-0.15, -0.1) is 0 Å². The SMILES string of the molecule is C\C=C(/C=C(C)/C=C/C=C/C=C(\C)C(=O)[C@]12O[C@H]1[C@](CCOC(=O)OC(C)(C)C)(OCC[Se]c1ccccc1)N(C(=O)OC(C)(C)C)C2=O)C(=O)OC. The molecule has 0 aromatic heterocycles. The van der Waals surface area contributed by atoms with Gasteiger partial charge in [-0.3, -0.25) is 0 Å². The van der Waals surface area contributed by atoms with E-state index >= 15 is 0 Å². The number of esters is 1. The normalized spacial score (nSPS) is 22.2. The van der Waals surface area contributed by atoms with Gasteiger partial charge in [0.05, 0.1) is 12.7 Å². The number of methoxy groups -OCH3 is 1. The zero-order chi connectivity index (χ0) is 39.6. The van der Waals surface area contributed by atoms with E-state index in [9.17, 15) is 24.0 Å². The van der Waals surface area contributed by atoms with Gasteiger partial charge in [-0.2, -0.15) is 0 Å². The quantitative estimate of drug-likeness (QED) is 0.0297. The van der Waals surface area contributed by atoms with Crippen LogP contribution in [0.15, 0.2) is 89.6 Å². The van der Waals surface area contributed by atoms with Crippen LogP contribution in [0.1, 0.15) is 68.7 Å². The second kappa shape index (κ2) is 18.2. The number of morpholine rings is 1. The Balaban J connectivity index is 1.92. The molecule has 2 fully saturated rings. The van der Waals surface area contributed by atoms with E-state index in [1.165, 1.54) is 13.2 Å². The summed E-state index contributed by atoms with van der Waals surface area (Å²) in [7, 11) is 1.31. The fourth-order valence-electron chi connectivity index (χ4n) is 5.42. The molecule has 0 bridgehead atoms. The van der Waals surface area contributed by atoms with Crippen molar-refractivity contribution in [1.29, 1.82) is 0 Å². The van der Waals surface area contributed by atoms with Crippen LogP contribution in [0, 0.1) is 0 Å². The predicted octanol–water partition coefficient (Wildman–Crippen LogP) is 6.10. The molecule has 0 N–H and O–H groups in total. The number of ketones is 1. The molecule has 12 nitrogen and oxygen atoms in total. The Morgan fingerprint density at radius 3 is 2.21 bits per heavy atom. The zero-order valence-corrected chi connectivity index (χ0v) is 33.9. The van der Waals surface area contributed by atoms with E-state index in [0.29, 0.717) is 10.9 Å². The van der Waals surface area contributed by atoms with Crippen LogP contribution in [-0.4, -0.2) is 98.7 Å². The van der Waals surface area contributed by atoms with Crippen molar-refractivity contribution in [2.24, 2.45) is 0 Å². The molecule has 2 amide bonds. The Kier molecular flexibility index (Phi) is 14.8. The van der Waals surface area contributed by atoms with Gasteiger partial charge in [0.25, 0.3) is 0 Å². The molecule has 2 heterocycles. The average Bonchev–Trinajstić information content (AvgIpc) is 3.80. The largest absolute Gasteiger partial charge is 0.465 e. The summed E-state index contributed by atoms with van der Waals surface area (Å²) < 4.78 is 34.6. The van der Waals surface area contributed by atoms with Gasteiger partial charge in [0.15, 0.2) is 0 Å². The van der Waals surface area contributed by atoms with Crippen molar-refractivity contribution in [2.45, 2.75) is 103 Å². The van der Waals surface area contributed by atoms with Gasteiger partial charge in [0.1, 0.15) is 0 Å². The Morgan fingerprint density at radius 2 is 1.60 bits per heavy atom. The number of allylic oxidation sites excluding steroid dienone is 7. The van der Waals surface area contributed by atoms with Crippen LogP contribution < -0.4 is 4.46 Å². The van der Waals surface area contributed by atoms with Gasteiger partial charge in [-0.1, -0.05) is 17.7 Å². The van der Waals surface area contributed by atoms with Gasteiger partial charge < -0.3 is 4.74 Å². The summed E-state index contributed by atoms with van der Waals surface area (Å²) in [6, 6.07) is 9.82. The number of benzene rings is 1. The van der Waals surface area contributed by atoms with E-state index in [-0.39, 0.29) is 40.2 Å². The number of ether oxygens (including phenoxy) is 6. The van der Waals surface area contributed by atoms with Crippen molar-refractivity contribution >= 4 is 49.3 Å². The summed E-state index contributed by atoms with van der Waals surface area (Å²) in [5.41, 5.74) is -4.30. The smallest absolute Gasteiger partial charge is 0.337 e. The second-order valence-corrected chi connectivity index (χ2v) is 16.8. The summed E-state index contributed by atoms with van der Waals surface area (Å²) in [4.78, 5) is 67.3. The van der Waals surface area contributed by atoms with Gasteiger partial charge in [-0.05, 0) is 19.9 Å². The number of nitrogens with zero attached hydrogens (tertiary/aromatic N) is 1. The van der Waals surface area contributed by atoms with Gasteiger partial charge in [0.2, 0.25) is 0 Å². The molecule has 0 unspecified atom stereocenters. The molecule has 13 heteroatoms. The Bertz CT molecular complexity index is 1680. The number of epoxide rings is 1. The number of fused-ring (bicyclic) bond motifs is 1. The Morgan fingerprint density at radius 1 is 0.943 bits per heavy atom. The molecule has 3 rings (SSSR count). The molecule has 2 aliphatic heterocycles. The van der Waals surface area contributed by atoms with E-state index < -0.39 is 58.5 Å². The molecule has 1 aromatic rings. The molecule has 0 radical (unpaired) electrons. The van der Waals surface area contributed by atoms with Gasteiger partial charge in [0, 0.05) is 0 Å². The number of rotatable bonds is 15. The number of Topliss-reactive ketones (excluding diaryl/α,β-unsaturated/α-hetero) is 1. The molecule has 0 aliphatic carbocycles. The predicted molar refractivity (Wildman–Crippen MR) is 199 cm³/mol. The Hall–Kier alpha value is -4.29. The minimum absolute atomic E-state index is 0.00306. The number of carbonyl (C=O) groups excluding carboxylic acids is 5. The molecule has 2 aliphatic rings. The van der Waals surface area contributed by atoms with Crippen LogP contribution in [0.5, 0.6) is 0 Å². The first-order valence-electron chi connectivity index (χ1n) is 17.2. The van der Waals surface area contributed by atoms with Gasteiger partial charge >= 0.3 is 259 Å². The van der Waals surface area contributed by atoms with E-state index in [0.717, 1.165) is 14.9 Å². The van der Waals surface area contributed by atoms with Crippen LogP contribution in [0.25, 0.3) is 0 Å². The first-order valence-corrected chi connectivity index (χ1v) is 19.3. The van der Waals surface area contributed by atoms with Crippen molar-refractivity contribution < 1.29 is 52.4 Å². The van der Waals surface area contributed by atoms with Crippen molar-refractivity contribution in [1.82, 2.24) is 4.90 Å². The van der Waals surface area contributed by atoms with E-state index in [1.54, 1.807) is 91.8 Å². The maximum atomic E-state index is 14.3. The van der Waals surface area contributed by atoms with E-state index in [4.69, 9.17) is 28.4 Å². The van der Waals surface area contributed by atoms with Crippen molar-refractivity contribution in [3.63, 3.8) is 0 Å². The molecule has 0 saturated carbocycles. The molecule has 53 heavy (non-hydrogen) atoms. The van der Waals surface area contributed by atoms with Crippen LogP contribution in [0.4, 0.5) is 9.59 Å². The summed E-state index contributed by atoms with van der Waals surface area (Å²) >= 11 is -0.00306. The molecule has 288 valence electrons. The summed E-state index contributed by atoms with van der Waals surface area (Å²) in [5, 5.41) is 0.570. The van der Waals surface area contributed by atoms with Crippen LogP contribution in [0.3, 0.4) is 0 Å². The molecular formula is C40H51NO11Se. The van der Waals surface area contributed by atoms with Crippen molar-refractivity contribution in [3.8, 4) is 0 Å². The van der Waals surface area contributed by atoms with Crippen molar-refractivity contribution in [2.75, 3.05) is 20.3 Å². The maximum Gasteiger partial charge on any atom is 0.337 e. The minimum atomic E-state index is -2.05. The number of imide groups is 1. The fraction of sp³-hybridized carbons (Fsp3) is 0.475. The number of carbonyl (C=O) groups is 5. The number of amides is 2. The first kappa shape index (κ1) is 43.1. The summed E-state index contributed by atoms with van der Waals surface area (Å²) in [5.74, 6) is -2.01. The van der Waals surface area contributed by atoms with Crippen molar-refractivity contribution in [3.05, 3.63) is 89.6 Å². The molecule has 2 saturated heterocycles. The molecule has 0 spiro atoms. The van der Waals surface area contributed by atoms with E-state index in [1.807, 2.05) is 37.3 Å². The topological polar surface area (TPSA) is 147 Å². The minimum Gasteiger partial charge on any atom is -0.465 e. The standard InChI is InChI=1S/C40H51NO11Se/c1-11-29(32(43)47-10)26-27(2)18-14-12-15-19-28(3)31(42)40-33(50-40)39(22-23-48-36(46)52-38(7,8)9,41(34(40)44)35(45)51-37(4,5)6)49-24-25-53-30-20-16-13-17-21-30/h11-21,26,33H,22-25H2,1-10H3/b15-12+,18-14+,27-26+,28-19+,29-11+/t33-,39-,40-/m0/s1. The molecule has 3 atom stereocenters. The third-order valence-electron chi connectivity index (χ3n) is 7.76. The number of likely N-dealkylation sites (tertiary alicyclic amines) is 1. The first-order chi connectivity index (χ1) is 24.8. The average molecular weight is 801 g/mol. The fourth-order valence-corrected chi connectivity index (χ4v) is 6.99. The third kappa shape index (κ3) is 11.4.